The number of ether oxygens (including phenoxy) is 1. The highest BCUT2D eigenvalue weighted by atomic mass is 16.5. The molecular formula is C75H141NO5. The third-order valence-corrected chi connectivity index (χ3v) is 16.9. The van der Waals surface area contributed by atoms with Gasteiger partial charge in [0.05, 0.1) is 25.4 Å². The van der Waals surface area contributed by atoms with Gasteiger partial charge in [-0.15, -0.1) is 0 Å². The SMILES string of the molecule is CCCCC/C=C\C/C=C\CCCCCCCCCC(=O)OCCCCCCCCCCC/C=C\C/C=C\CCCCCCCCCCCCCCCC(=O)NC(CO)C(O)CCCCCCCCCCCCCCCCCCCC. The fourth-order valence-corrected chi connectivity index (χ4v) is 11.3. The van der Waals surface area contributed by atoms with Gasteiger partial charge in [0.15, 0.2) is 0 Å². The number of carbonyl (C=O) groups is 2. The maximum absolute atomic E-state index is 12.5. The summed E-state index contributed by atoms with van der Waals surface area (Å²) in [5.74, 6) is -0.0284. The predicted octanol–water partition coefficient (Wildman–Crippen LogP) is 23.6. The van der Waals surface area contributed by atoms with E-state index in [0.29, 0.717) is 25.9 Å². The first kappa shape index (κ1) is 78.8. The Morgan fingerprint density at radius 3 is 0.963 bits per heavy atom. The molecule has 0 bridgehead atoms. The summed E-state index contributed by atoms with van der Waals surface area (Å²) in [5, 5.41) is 23.4. The second-order valence-electron chi connectivity index (χ2n) is 24.9. The molecule has 0 aliphatic heterocycles. The van der Waals surface area contributed by atoms with Crippen molar-refractivity contribution in [3.8, 4) is 0 Å². The van der Waals surface area contributed by atoms with Crippen LogP contribution in [-0.4, -0.2) is 47.4 Å². The molecule has 6 nitrogen and oxygen atoms in total. The van der Waals surface area contributed by atoms with Gasteiger partial charge < -0.3 is 20.3 Å². The molecular weight excluding hydrogens is 995 g/mol. The minimum atomic E-state index is -0.666. The largest absolute Gasteiger partial charge is 0.466 e. The molecule has 0 aliphatic carbocycles. The molecule has 0 heterocycles. The minimum absolute atomic E-state index is 0.00451. The zero-order valence-electron chi connectivity index (χ0n) is 54.5. The highest BCUT2D eigenvalue weighted by Gasteiger charge is 2.20. The number of rotatable bonds is 68. The number of hydrogen-bond donors (Lipinski definition) is 3. The average Bonchev–Trinajstić information content (AvgIpc) is 3.47. The minimum Gasteiger partial charge on any atom is -0.466 e. The van der Waals surface area contributed by atoms with E-state index in [1.165, 1.54) is 302 Å². The van der Waals surface area contributed by atoms with Crippen LogP contribution >= 0.6 is 0 Å². The van der Waals surface area contributed by atoms with Gasteiger partial charge in [-0.3, -0.25) is 9.59 Å². The van der Waals surface area contributed by atoms with Crippen molar-refractivity contribution < 1.29 is 24.5 Å². The third kappa shape index (κ3) is 66.8. The molecule has 0 aromatic heterocycles. The van der Waals surface area contributed by atoms with Gasteiger partial charge in [0.25, 0.3) is 0 Å². The Labute approximate surface area is 506 Å². The van der Waals surface area contributed by atoms with Gasteiger partial charge in [-0.25, -0.2) is 0 Å². The van der Waals surface area contributed by atoms with Crippen molar-refractivity contribution in [1.29, 1.82) is 0 Å². The quantitative estimate of drug-likeness (QED) is 0.0320. The molecule has 3 N–H and O–H groups in total. The molecule has 0 fully saturated rings. The van der Waals surface area contributed by atoms with E-state index < -0.39 is 12.1 Å². The van der Waals surface area contributed by atoms with Gasteiger partial charge in [-0.1, -0.05) is 339 Å². The van der Waals surface area contributed by atoms with E-state index >= 15 is 0 Å². The van der Waals surface area contributed by atoms with Crippen LogP contribution in [-0.2, 0) is 14.3 Å². The van der Waals surface area contributed by atoms with Crippen molar-refractivity contribution in [2.24, 2.45) is 0 Å². The lowest BCUT2D eigenvalue weighted by atomic mass is 10.0. The van der Waals surface area contributed by atoms with Crippen LogP contribution < -0.4 is 5.32 Å². The zero-order valence-corrected chi connectivity index (χ0v) is 54.5. The number of aliphatic hydroxyl groups excluding tert-OH is 2. The van der Waals surface area contributed by atoms with Crippen LogP contribution in [0.15, 0.2) is 48.6 Å². The molecule has 2 atom stereocenters. The third-order valence-electron chi connectivity index (χ3n) is 16.9. The number of carbonyl (C=O) groups excluding carboxylic acids is 2. The summed E-state index contributed by atoms with van der Waals surface area (Å²) in [5.41, 5.74) is 0. The monoisotopic (exact) mass is 1140 g/mol. The number of esters is 1. The smallest absolute Gasteiger partial charge is 0.305 e. The Kier molecular flexibility index (Phi) is 68.4. The first-order valence-corrected chi connectivity index (χ1v) is 36.4. The number of allylic oxidation sites excluding steroid dienone is 8. The van der Waals surface area contributed by atoms with Gasteiger partial charge in [0.1, 0.15) is 0 Å². The summed E-state index contributed by atoms with van der Waals surface area (Å²) in [6.07, 6.45) is 91.6. The Balaban J connectivity index is 3.40. The molecule has 0 spiro atoms. The Morgan fingerprint density at radius 1 is 0.346 bits per heavy atom. The summed E-state index contributed by atoms with van der Waals surface area (Å²) in [6, 6.07) is -0.544. The second kappa shape index (κ2) is 70.3. The van der Waals surface area contributed by atoms with E-state index in [-0.39, 0.29) is 18.5 Å². The Morgan fingerprint density at radius 2 is 0.617 bits per heavy atom. The van der Waals surface area contributed by atoms with E-state index in [1.54, 1.807) is 0 Å². The number of hydrogen-bond acceptors (Lipinski definition) is 5. The molecule has 0 saturated heterocycles. The normalized spacial score (nSPS) is 12.8. The number of nitrogens with one attached hydrogen (secondary N) is 1. The van der Waals surface area contributed by atoms with Crippen molar-refractivity contribution >= 4 is 11.9 Å². The zero-order chi connectivity index (χ0) is 58.5. The maximum Gasteiger partial charge on any atom is 0.305 e. The highest BCUT2D eigenvalue weighted by Crippen LogP contribution is 2.18. The van der Waals surface area contributed by atoms with Gasteiger partial charge in [0, 0.05) is 12.8 Å². The van der Waals surface area contributed by atoms with Crippen molar-refractivity contribution in [2.45, 2.75) is 405 Å². The van der Waals surface area contributed by atoms with Crippen LogP contribution in [0, 0.1) is 0 Å². The molecule has 0 aromatic rings. The summed E-state index contributed by atoms with van der Waals surface area (Å²) < 4.78 is 5.49. The van der Waals surface area contributed by atoms with Gasteiger partial charge in [-0.05, 0) is 89.9 Å². The van der Waals surface area contributed by atoms with Crippen LogP contribution in [0.2, 0.25) is 0 Å². The van der Waals surface area contributed by atoms with Crippen LogP contribution in [0.5, 0.6) is 0 Å². The lowest BCUT2D eigenvalue weighted by Gasteiger charge is -2.22. The van der Waals surface area contributed by atoms with Crippen LogP contribution in [0.4, 0.5) is 0 Å². The van der Waals surface area contributed by atoms with Crippen LogP contribution in [0.1, 0.15) is 393 Å². The molecule has 0 rings (SSSR count). The molecule has 6 heteroatoms. The lowest BCUT2D eigenvalue weighted by Crippen LogP contribution is -2.45. The van der Waals surface area contributed by atoms with E-state index in [0.717, 1.165) is 57.8 Å². The van der Waals surface area contributed by atoms with Gasteiger partial charge >= 0.3 is 5.97 Å². The Bertz CT molecular complexity index is 1360. The summed E-state index contributed by atoms with van der Waals surface area (Å²) >= 11 is 0. The molecule has 0 saturated carbocycles. The van der Waals surface area contributed by atoms with Gasteiger partial charge in [-0.2, -0.15) is 0 Å². The first-order chi connectivity index (χ1) is 40.0. The topological polar surface area (TPSA) is 95.9 Å². The van der Waals surface area contributed by atoms with E-state index in [4.69, 9.17) is 4.74 Å². The summed E-state index contributed by atoms with van der Waals surface area (Å²) in [4.78, 5) is 24.6. The average molecular weight is 1140 g/mol. The lowest BCUT2D eigenvalue weighted by molar-refractivity contribution is -0.143. The molecule has 81 heavy (non-hydrogen) atoms. The van der Waals surface area contributed by atoms with E-state index in [2.05, 4.69) is 67.8 Å². The van der Waals surface area contributed by atoms with Crippen molar-refractivity contribution in [1.82, 2.24) is 5.32 Å². The van der Waals surface area contributed by atoms with Crippen LogP contribution in [0.25, 0.3) is 0 Å². The number of unbranched alkanes of at least 4 members (excludes halogenated alkanes) is 49. The van der Waals surface area contributed by atoms with Crippen molar-refractivity contribution in [2.75, 3.05) is 13.2 Å². The van der Waals surface area contributed by atoms with Gasteiger partial charge in [0.2, 0.25) is 5.91 Å². The maximum atomic E-state index is 12.5. The van der Waals surface area contributed by atoms with E-state index in [1.807, 2.05) is 0 Å². The first-order valence-electron chi connectivity index (χ1n) is 36.4. The summed E-state index contributed by atoms with van der Waals surface area (Å²) in [7, 11) is 0. The van der Waals surface area contributed by atoms with Crippen molar-refractivity contribution in [3.63, 3.8) is 0 Å². The standard InChI is InChI=1S/C75H141NO5/c1-3-5-7-9-11-13-15-17-19-21-36-39-43-47-51-55-59-63-67-73(78)72(71-77)76-74(79)68-64-60-56-52-48-44-40-37-33-31-29-27-25-23-22-24-26-28-30-32-34-38-42-46-50-54-58-62-66-70-81-75(80)69-65-61-57-53-49-45-41-35-20-18-16-14-12-10-8-6-4-2/h12,14,18,20,22,24,28,30,72-73,77-78H,3-11,13,15-17,19,21,23,25-27,29,31-71H2,1-2H3,(H,76,79)/b14-12-,20-18-,24-22-,30-28-. The van der Waals surface area contributed by atoms with E-state index in [9.17, 15) is 19.8 Å². The molecule has 0 radical (unpaired) electrons. The molecule has 1 amide bonds. The molecule has 2 unspecified atom stereocenters. The number of amides is 1. The predicted molar refractivity (Wildman–Crippen MR) is 356 cm³/mol. The molecule has 476 valence electrons. The highest BCUT2D eigenvalue weighted by molar-refractivity contribution is 5.76. The van der Waals surface area contributed by atoms with Crippen LogP contribution in [0.3, 0.4) is 0 Å². The fourth-order valence-electron chi connectivity index (χ4n) is 11.3. The second-order valence-corrected chi connectivity index (χ2v) is 24.9. The number of aliphatic hydroxyl groups is 2. The fraction of sp³-hybridized carbons (Fsp3) is 0.867. The summed E-state index contributed by atoms with van der Waals surface area (Å²) in [6.45, 7) is 4.95. The molecule has 0 aromatic carbocycles. The van der Waals surface area contributed by atoms with Crippen molar-refractivity contribution in [3.05, 3.63) is 48.6 Å². The molecule has 0 aliphatic rings. The Hall–Kier alpha value is -2.18.